The van der Waals surface area contributed by atoms with Gasteiger partial charge in [-0.15, -0.1) is 0 Å². The molecule has 2 amide bonds. The van der Waals surface area contributed by atoms with Crippen molar-refractivity contribution in [2.24, 2.45) is 7.05 Å². The molecule has 0 fully saturated rings. The van der Waals surface area contributed by atoms with Crippen LogP contribution in [0, 0.1) is 0 Å². The molecule has 1 heterocycles. The van der Waals surface area contributed by atoms with E-state index in [1.54, 1.807) is 31.4 Å². The highest BCUT2D eigenvalue weighted by molar-refractivity contribution is 5.92. The van der Waals surface area contributed by atoms with Crippen LogP contribution in [0.15, 0.2) is 36.5 Å². The minimum atomic E-state index is -0.521. The number of benzene rings is 1. The predicted octanol–water partition coefficient (Wildman–Crippen LogP) is 1.53. The van der Waals surface area contributed by atoms with Crippen LogP contribution in [-0.2, 0) is 18.3 Å². The molecule has 2 N–H and O–H groups in total. The summed E-state index contributed by atoms with van der Waals surface area (Å²) in [4.78, 5) is 23.0. The summed E-state index contributed by atoms with van der Waals surface area (Å²) < 4.78 is 6.01. The monoisotopic (exact) mass is 288 g/mol. The van der Waals surface area contributed by atoms with Gasteiger partial charge in [0.15, 0.2) is 0 Å². The second-order valence-corrected chi connectivity index (χ2v) is 4.34. The summed E-state index contributed by atoms with van der Waals surface area (Å²) in [5.41, 5.74) is 2.04. The Morgan fingerprint density at radius 3 is 2.52 bits per heavy atom. The van der Waals surface area contributed by atoms with Gasteiger partial charge in [-0.3, -0.25) is 14.8 Å². The maximum absolute atomic E-state index is 11.9. The van der Waals surface area contributed by atoms with E-state index in [1.165, 1.54) is 11.8 Å². The maximum Gasteiger partial charge on any atom is 0.411 e. The average Bonchev–Trinajstić information content (AvgIpc) is 2.92. The van der Waals surface area contributed by atoms with Gasteiger partial charge in [-0.1, -0.05) is 12.1 Å². The number of nitrogens with one attached hydrogen (secondary N) is 2. The van der Waals surface area contributed by atoms with E-state index in [9.17, 15) is 9.59 Å². The van der Waals surface area contributed by atoms with Gasteiger partial charge in [0, 0.05) is 25.5 Å². The van der Waals surface area contributed by atoms with Crippen molar-refractivity contribution in [1.82, 2.24) is 15.1 Å². The molecule has 0 aliphatic heterocycles. The Balaban J connectivity index is 1.90. The number of hydrogen-bond donors (Lipinski definition) is 2. The summed E-state index contributed by atoms with van der Waals surface area (Å²) in [6.45, 7) is 0.391. The normalized spacial score (nSPS) is 10.0. The van der Waals surface area contributed by atoms with Crippen LogP contribution < -0.4 is 10.6 Å². The number of methoxy groups -OCH3 is 1. The molecule has 2 aromatic rings. The molecule has 1 aromatic carbocycles. The number of carbonyl (C=O) groups excluding carboxylic acids is 2. The molecule has 0 unspecified atom stereocenters. The first kappa shape index (κ1) is 14.6. The molecule has 0 saturated carbocycles. The van der Waals surface area contributed by atoms with Gasteiger partial charge in [-0.05, 0) is 23.8 Å². The van der Waals surface area contributed by atoms with Gasteiger partial charge in [-0.2, -0.15) is 5.10 Å². The van der Waals surface area contributed by atoms with Gasteiger partial charge in [0.2, 0.25) is 0 Å². The standard InChI is InChI=1S/C14H16N4O3/c1-18-12(7-8-16-18)13(19)15-9-10-3-5-11(6-4-10)17-14(20)21-2/h3-8H,9H2,1-2H3,(H,15,19)(H,17,20). The Bertz CT molecular complexity index is 634. The van der Waals surface area contributed by atoms with Crippen LogP contribution in [-0.4, -0.2) is 28.9 Å². The Morgan fingerprint density at radius 2 is 1.95 bits per heavy atom. The number of nitrogens with zero attached hydrogens (tertiary/aromatic N) is 2. The van der Waals surface area contributed by atoms with E-state index >= 15 is 0 Å². The summed E-state index contributed by atoms with van der Waals surface area (Å²) in [5.74, 6) is -0.188. The molecule has 7 heteroatoms. The van der Waals surface area contributed by atoms with Gasteiger partial charge in [-0.25, -0.2) is 4.79 Å². The van der Waals surface area contributed by atoms with E-state index < -0.39 is 6.09 Å². The van der Waals surface area contributed by atoms with Crippen LogP contribution in [0.1, 0.15) is 16.1 Å². The molecule has 1 aromatic heterocycles. The van der Waals surface area contributed by atoms with E-state index in [1.807, 2.05) is 12.1 Å². The quantitative estimate of drug-likeness (QED) is 0.893. The Morgan fingerprint density at radius 1 is 1.24 bits per heavy atom. The van der Waals surface area contributed by atoms with Crippen LogP contribution in [0.3, 0.4) is 0 Å². The number of amides is 2. The van der Waals surface area contributed by atoms with Crippen molar-refractivity contribution in [3.05, 3.63) is 47.8 Å². The van der Waals surface area contributed by atoms with E-state index in [-0.39, 0.29) is 5.91 Å². The molecule has 21 heavy (non-hydrogen) atoms. The Kier molecular flexibility index (Phi) is 4.55. The Labute approximate surface area is 121 Å². The third-order valence-corrected chi connectivity index (χ3v) is 2.89. The van der Waals surface area contributed by atoms with Crippen LogP contribution in [0.4, 0.5) is 10.5 Å². The SMILES string of the molecule is COC(=O)Nc1ccc(CNC(=O)c2ccnn2C)cc1. The molecule has 0 saturated heterocycles. The number of anilines is 1. The molecule has 0 aliphatic rings. The zero-order chi connectivity index (χ0) is 15.2. The third kappa shape index (κ3) is 3.82. The molecule has 0 aliphatic carbocycles. The highest BCUT2D eigenvalue weighted by Gasteiger charge is 2.09. The van der Waals surface area contributed by atoms with Gasteiger partial charge < -0.3 is 10.1 Å². The number of hydrogen-bond acceptors (Lipinski definition) is 4. The van der Waals surface area contributed by atoms with E-state index in [0.717, 1.165) is 5.56 Å². The highest BCUT2D eigenvalue weighted by Crippen LogP contribution is 2.10. The molecular formula is C14H16N4O3. The van der Waals surface area contributed by atoms with Crippen molar-refractivity contribution < 1.29 is 14.3 Å². The molecule has 0 spiro atoms. The molecule has 0 radical (unpaired) electrons. The summed E-state index contributed by atoms with van der Waals surface area (Å²) in [7, 11) is 3.01. The summed E-state index contributed by atoms with van der Waals surface area (Å²) in [5, 5.41) is 9.30. The largest absolute Gasteiger partial charge is 0.453 e. The van der Waals surface area contributed by atoms with Crippen LogP contribution in [0.5, 0.6) is 0 Å². The second-order valence-electron chi connectivity index (χ2n) is 4.34. The lowest BCUT2D eigenvalue weighted by atomic mass is 10.2. The number of aromatic nitrogens is 2. The lowest BCUT2D eigenvalue weighted by Crippen LogP contribution is -2.25. The van der Waals surface area contributed by atoms with Crippen molar-refractivity contribution in [2.45, 2.75) is 6.54 Å². The van der Waals surface area contributed by atoms with Gasteiger partial charge >= 0.3 is 6.09 Å². The fraction of sp³-hybridized carbons (Fsp3) is 0.214. The fourth-order valence-corrected chi connectivity index (χ4v) is 1.74. The first-order valence-corrected chi connectivity index (χ1v) is 6.30. The van der Waals surface area contributed by atoms with Crippen molar-refractivity contribution in [3.8, 4) is 0 Å². The van der Waals surface area contributed by atoms with Crippen LogP contribution >= 0.6 is 0 Å². The lowest BCUT2D eigenvalue weighted by Gasteiger charge is -2.07. The van der Waals surface area contributed by atoms with E-state index in [0.29, 0.717) is 17.9 Å². The minimum absolute atomic E-state index is 0.188. The topological polar surface area (TPSA) is 85.2 Å². The van der Waals surface area contributed by atoms with Gasteiger partial charge in [0.05, 0.1) is 7.11 Å². The molecule has 7 nitrogen and oxygen atoms in total. The molecular weight excluding hydrogens is 272 g/mol. The zero-order valence-electron chi connectivity index (χ0n) is 11.8. The maximum atomic E-state index is 11.9. The Hall–Kier alpha value is -2.83. The smallest absolute Gasteiger partial charge is 0.411 e. The second kappa shape index (κ2) is 6.56. The first-order chi connectivity index (χ1) is 10.1. The van der Waals surface area contributed by atoms with Crippen LogP contribution in [0.25, 0.3) is 0 Å². The van der Waals surface area contributed by atoms with Crippen molar-refractivity contribution in [1.29, 1.82) is 0 Å². The number of rotatable bonds is 4. The van der Waals surface area contributed by atoms with Gasteiger partial charge in [0.25, 0.3) is 5.91 Å². The van der Waals surface area contributed by atoms with Gasteiger partial charge in [0.1, 0.15) is 5.69 Å². The molecule has 0 bridgehead atoms. The number of aryl methyl sites for hydroxylation is 1. The van der Waals surface area contributed by atoms with E-state index in [4.69, 9.17) is 0 Å². The van der Waals surface area contributed by atoms with Crippen molar-refractivity contribution in [2.75, 3.05) is 12.4 Å². The summed E-state index contributed by atoms with van der Waals surface area (Å²) in [6.07, 6.45) is 1.05. The average molecular weight is 288 g/mol. The van der Waals surface area contributed by atoms with Crippen molar-refractivity contribution in [3.63, 3.8) is 0 Å². The van der Waals surface area contributed by atoms with E-state index in [2.05, 4.69) is 20.5 Å². The molecule has 110 valence electrons. The molecule has 0 atom stereocenters. The summed E-state index contributed by atoms with van der Waals surface area (Å²) >= 11 is 0. The lowest BCUT2D eigenvalue weighted by molar-refractivity contribution is 0.0941. The number of ether oxygens (including phenoxy) is 1. The zero-order valence-corrected chi connectivity index (χ0v) is 11.8. The molecule has 2 rings (SSSR count). The fourth-order valence-electron chi connectivity index (χ4n) is 1.74. The highest BCUT2D eigenvalue weighted by atomic mass is 16.5. The predicted molar refractivity (Wildman–Crippen MR) is 76.8 cm³/mol. The first-order valence-electron chi connectivity index (χ1n) is 6.30. The summed E-state index contributed by atoms with van der Waals surface area (Å²) in [6, 6.07) is 8.76. The van der Waals surface area contributed by atoms with Crippen LogP contribution in [0.2, 0.25) is 0 Å². The number of carbonyl (C=O) groups is 2. The minimum Gasteiger partial charge on any atom is -0.453 e. The third-order valence-electron chi connectivity index (χ3n) is 2.89. The van der Waals surface area contributed by atoms with Crippen molar-refractivity contribution >= 4 is 17.7 Å².